The monoisotopic (exact) mass is 412 g/mol. The second kappa shape index (κ2) is 5.56. The summed E-state index contributed by atoms with van der Waals surface area (Å²) in [5, 5.41) is 1.34. The largest absolute Gasteiger partial charge is 0.361 e. The first-order valence-electron chi connectivity index (χ1n) is 8.08. The van der Waals surface area contributed by atoms with Gasteiger partial charge in [-0.15, -0.1) is 0 Å². The summed E-state index contributed by atoms with van der Waals surface area (Å²) >= 11 is 3.79. The van der Waals surface area contributed by atoms with Gasteiger partial charge in [-0.3, -0.25) is 4.18 Å². The molecule has 1 N–H and O–H groups in total. The van der Waals surface area contributed by atoms with Gasteiger partial charge in [0.25, 0.3) is 10.1 Å². The Morgan fingerprint density at radius 2 is 2.25 bits per heavy atom. The minimum absolute atomic E-state index is 0.162. The fourth-order valence-corrected chi connectivity index (χ4v) is 5.83. The van der Waals surface area contributed by atoms with Gasteiger partial charge in [-0.1, -0.05) is 28.1 Å². The Morgan fingerprint density at radius 3 is 3.00 bits per heavy atom. The summed E-state index contributed by atoms with van der Waals surface area (Å²) in [5.41, 5.74) is 3.92. The number of alkyl halides is 1. The van der Waals surface area contributed by atoms with Gasteiger partial charge in [-0.2, -0.15) is 8.42 Å². The molecule has 1 aromatic carbocycles. The molecule has 3 atom stereocenters. The molecule has 1 aliphatic heterocycles. The maximum absolute atomic E-state index is 11.4. The van der Waals surface area contributed by atoms with E-state index in [1.54, 1.807) is 0 Å². The van der Waals surface area contributed by atoms with Crippen molar-refractivity contribution < 1.29 is 12.6 Å². The third-order valence-electron chi connectivity index (χ3n) is 5.33. The lowest BCUT2D eigenvalue weighted by atomic mass is 9.72. The average molecular weight is 413 g/mol. The molecule has 1 fully saturated rings. The topological polar surface area (TPSA) is 62.4 Å². The zero-order chi connectivity index (χ0) is 17.1. The minimum atomic E-state index is -3.44. The van der Waals surface area contributed by atoms with Crippen LogP contribution >= 0.6 is 15.9 Å². The Balaban J connectivity index is 1.70. The summed E-state index contributed by atoms with van der Waals surface area (Å²) in [6.07, 6.45) is 5.11. The van der Waals surface area contributed by atoms with E-state index >= 15 is 0 Å². The molecule has 2 heterocycles. The number of halogens is 1. The van der Waals surface area contributed by atoms with E-state index in [1.807, 2.05) is 0 Å². The molecule has 2 aliphatic rings. The van der Waals surface area contributed by atoms with E-state index in [9.17, 15) is 8.42 Å². The number of rotatable bonds is 3. The zero-order valence-corrected chi connectivity index (χ0v) is 16.2. The summed E-state index contributed by atoms with van der Waals surface area (Å²) in [5.74, 6) is 0.360. The number of nitrogens with zero attached hydrogens (tertiary/aromatic N) is 1. The minimum Gasteiger partial charge on any atom is -0.361 e. The number of nitrogens with one attached hydrogen (secondary N) is 1. The highest BCUT2D eigenvalue weighted by Gasteiger charge is 2.45. The Labute approximate surface area is 150 Å². The first kappa shape index (κ1) is 16.6. The van der Waals surface area contributed by atoms with Gasteiger partial charge in [0.2, 0.25) is 0 Å². The molecule has 5 nitrogen and oxygen atoms in total. The maximum Gasteiger partial charge on any atom is 0.264 e. The highest BCUT2D eigenvalue weighted by molar-refractivity contribution is 9.10. The molecule has 1 unspecified atom stereocenters. The highest BCUT2D eigenvalue weighted by atomic mass is 79.9. The van der Waals surface area contributed by atoms with Gasteiger partial charge in [0, 0.05) is 35.6 Å². The molecular weight excluding hydrogens is 392 g/mol. The number of H-pyrrole nitrogens is 1. The second-order valence-electron chi connectivity index (χ2n) is 7.20. The van der Waals surface area contributed by atoms with E-state index in [-0.39, 0.29) is 10.9 Å². The van der Waals surface area contributed by atoms with Gasteiger partial charge >= 0.3 is 0 Å². The SMILES string of the molecule is CN1C[C@](Br)(COS(C)(=O)=O)CC2c3cccc4[nH]cc(c34)C[C@H]21. The Kier molecular flexibility index (Phi) is 3.84. The molecule has 0 radical (unpaired) electrons. The summed E-state index contributed by atoms with van der Waals surface area (Å²) < 4.78 is 27.6. The number of hydrogen-bond donors (Lipinski definition) is 1. The number of benzene rings is 1. The van der Waals surface area contributed by atoms with Crippen molar-refractivity contribution in [3.05, 3.63) is 35.5 Å². The lowest BCUT2D eigenvalue weighted by Crippen LogP contribution is -2.55. The van der Waals surface area contributed by atoms with Crippen molar-refractivity contribution in [1.82, 2.24) is 9.88 Å². The van der Waals surface area contributed by atoms with Crippen molar-refractivity contribution in [3.8, 4) is 0 Å². The van der Waals surface area contributed by atoms with Crippen LogP contribution in [0.1, 0.15) is 23.5 Å². The van der Waals surface area contributed by atoms with Crippen LogP contribution in [0.15, 0.2) is 24.4 Å². The van der Waals surface area contributed by atoms with Crippen molar-refractivity contribution in [2.75, 3.05) is 26.5 Å². The van der Waals surface area contributed by atoms with Crippen molar-refractivity contribution in [3.63, 3.8) is 0 Å². The Hall–Kier alpha value is -0.890. The van der Waals surface area contributed by atoms with Crippen molar-refractivity contribution >= 4 is 37.0 Å². The van der Waals surface area contributed by atoms with E-state index in [4.69, 9.17) is 4.18 Å². The summed E-state index contributed by atoms with van der Waals surface area (Å²) in [6, 6.07) is 6.85. The van der Waals surface area contributed by atoms with Crippen LogP contribution in [0, 0.1) is 0 Å². The van der Waals surface area contributed by atoms with E-state index in [0.717, 1.165) is 25.6 Å². The lowest BCUT2D eigenvalue weighted by Gasteiger charge is -2.49. The van der Waals surface area contributed by atoms with E-state index in [2.05, 4.69) is 57.3 Å². The first-order chi connectivity index (χ1) is 11.3. The predicted octanol–water partition coefficient (Wildman–Crippen LogP) is 2.62. The number of aromatic nitrogens is 1. The van der Waals surface area contributed by atoms with Crippen LogP contribution in [0.4, 0.5) is 0 Å². The Morgan fingerprint density at radius 1 is 1.46 bits per heavy atom. The smallest absolute Gasteiger partial charge is 0.264 e. The molecule has 4 rings (SSSR count). The third kappa shape index (κ3) is 2.81. The summed E-state index contributed by atoms with van der Waals surface area (Å²) in [4.78, 5) is 5.71. The van der Waals surface area contributed by atoms with Crippen molar-refractivity contribution in [1.29, 1.82) is 0 Å². The molecule has 2 aromatic rings. The van der Waals surface area contributed by atoms with Gasteiger partial charge in [0.05, 0.1) is 17.2 Å². The quantitative estimate of drug-likeness (QED) is 0.621. The number of fused-ring (bicyclic) bond motifs is 2. The van der Waals surface area contributed by atoms with E-state index in [0.29, 0.717) is 12.0 Å². The molecule has 1 aromatic heterocycles. The van der Waals surface area contributed by atoms with Gasteiger partial charge in [0.15, 0.2) is 0 Å². The molecule has 1 aliphatic carbocycles. The average Bonchev–Trinajstić information content (AvgIpc) is 2.91. The standard InChI is InChI=1S/C17H21BrN2O3S/c1-20-9-17(18,10-23-24(2,21)22)7-13-12-4-3-5-14-16(12)11(8-19-14)6-15(13)20/h3-5,8,13,15,19H,6-7,9-10H2,1-2H3/t13?,15-,17+/m1/s1. The van der Waals surface area contributed by atoms with Crippen molar-refractivity contribution in [2.24, 2.45) is 0 Å². The summed E-state index contributed by atoms with van der Waals surface area (Å²) in [7, 11) is -1.33. The van der Waals surface area contributed by atoms with Crippen LogP contribution in [-0.2, 0) is 20.7 Å². The van der Waals surface area contributed by atoms with E-state index in [1.165, 1.54) is 22.0 Å². The molecule has 1 saturated heterocycles. The second-order valence-corrected chi connectivity index (χ2v) is 10.5. The molecular formula is C17H21BrN2O3S. The van der Waals surface area contributed by atoms with Crippen LogP contribution in [0.2, 0.25) is 0 Å². The maximum atomic E-state index is 11.4. The molecule has 7 heteroatoms. The van der Waals surface area contributed by atoms with Crippen molar-refractivity contribution in [2.45, 2.75) is 29.1 Å². The highest BCUT2D eigenvalue weighted by Crippen LogP contribution is 2.47. The molecule has 0 bridgehead atoms. The fourth-order valence-electron chi connectivity index (χ4n) is 4.38. The zero-order valence-electron chi connectivity index (χ0n) is 13.8. The van der Waals surface area contributed by atoms with Crippen LogP contribution in [0.25, 0.3) is 10.9 Å². The lowest BCUT2D eigenvalue weighted by molar-refractivity contribution is 0.106. The number of likely N-dealkylation sites (tertiary alicyclic amines) is 1. The fraction of sp³-hybridized carbons (Fsp3) is 0.529. The third-order valence-corrected chi connectivity index (χ3v) is 6.68. The van der Waals surface area contributed by atoms with Crippen LogP contribution < -0.4 is 0 Å². The predicted molar refractivity (Wildman–Crippen MR) is 98.2 cm³/mol. The normalized spacial score (nSPS) is 30.5. The van der Waals surface area contributed by atoms with Gasteiger partial charge in [-0.05, 0) is 37.1 Å². The number of aromatic amines is 1. The van der Waals surface area contributed by atoms with Gasteiger partial charge in [0.1, 0.15) is 0 Å². The van der Waals surface area contributed by atoms with Crippen LogP contribution in [0.5, 0.6) is 0 Å². The van der Waals surface area contributed by atoms with E-state index < -0.39 is 10.1 Å². The number of likely N-dealkylation sites (N-methyl/N-ethyl adjacent to an activating group) is 1. The van der Waals surface area contributed by atoms with Gasteiger partial charge < -0.3 is 9.88 Å². The molecule has 24 heavy (non-hydrogen) atoms. The summed E-state index contributed by atoms with van der Waals surface area (Å²) in [6.45, 7) is 0.925. The number of piperidine rings is 1. The molecule has 0 saturated carbocycles. The molecule has 0 spiro atoms. The van der Waals surface area contributed by atoms with Gasteiger partial charge in [-0.25, -0.2) is 0 Å². The molecule has 0 amide bonds. The first-order valence-corrected chi connectivity index (χ1v) is 10.7. The number of hydrogen-bond acceptors (Lipinski definition) is 4. The molecule has 130 valence electrons. The Bertz CT molecular complexity index is 894. The van der Waals surface area contributed by atoms with Crippen LogP contribution in [-0.4, -0.2) is 55.1 Å². The van der Waals surface area contributed by atoms with Crippen LogP contribution in [0.3, 0.4) is 0 Å².